The minimum absolute atomic E-state index is 0.181. The van der Waals surface area contributed by atoms with E-state index in [2.05, 4.69) is 4.90 Å². The van der Waals surface area contributed by atoms with Crippen molar-refractivity contribution in [3.8, 4) is 0 Å². The molecule has 146 valence electrons. The molecule has 1 aromatic carbocycles. The molecule has 0 unspecified atom stereocenters. The molecule has 0 radical (unpaired) electrons. The summed E-state index contributed by atoms with van der Waals surface area (Å²) in [6.45, 7) is 4.84. The number of nitrogens with zero attached hydrogens (tertiary/aromatic N) is 2. The molecule has 4 rings (SSSR count). The molecule has 0 atom stereocenters. The van der Waals surface area contributed by atoms with Gasteiger partial charge in [-0.15, -0.1) is 0 Å². The highest BCUT2D eigenvalue weighted by molar-refractivity contribution is 5.92. The number of aryl methyl sites for hydroxylation is 2. The second-order valence-electron chi connectivity index (χ2n) is 7.77. The summed E-state index contributed by atoms with van der Waals surface area (Å²) in [6.07, 6.45) is 5.78. The molecule has 1 aliphatic carbocycles. The number of hydrogen-bond acceptors (Lipinski definition) is 4. The highest BCUT2D eigenvalue weighted by Crippen LogP contribution is 2.41. The fourth-order valence-corrected chi connectivity index (χ4v) is 4.48. The SMILES string of the molecule is COC/C(C=O)=C(C)/C=C1/c2nc3cc(F)c(C)c4c3c(c2CN1C)CCC4. The standard InChI is InChI=1S/C23H25FN2O2/c1-13(15(11-27)12-28-4)8-21-23-18(10-26(21)3)17-7-5-6-16-14(2)19(24)9-20(25-23)22(16)17/h8-9,11H,5-7,10,12H2,1-4H3/b15-13+,21-8-. The molecule has 1 aromatic heterocycles. The van der Waals surface area contributed by atoms with Gasteiger partial charge in [0.15, 0.2) is 0 Å². The molecule has 4 nitrogen and oxygen atoms in total. The second kappa shape index (κ2) is 7.13. The molecule has 2 aromatic rings. The molecular formula is C23H25FN2O2. The highest BCUT2D eigenvalue weighted by Gasteiger charge is 2.30. The predicted octanol–water partition coefficient (Wildman–Crippen LogP) is 4.12. The van der Waals surface area contributed by atoms with Gasteiger partial charge >= 0.3 is 0 Å². The zero-order valence-electron chi connectivity index (χ0n) is 16.9. The third-order valence-corrected chi connectivity index (χ3v) is 6.02. The van der Waals surface area contributed by atoms with Gasteiger partial charge in [-0.2, -0.15) is 0 Å². The van der Waals surface area contributed by atoms with Gasteiger partial charge < -0.3 is 9.64 Å². The van der Waals surface area contributed by atoms with Crippen LogP contribution >= 0.6 is 0 Å². The van der Waals surface area contributed by atoms with E-state index >= 15 is 0 Å². The lowest BCUT2D eigenvalue weighted by molar-refractivity contribution is -0.105. The molecule has 0 saturated heterocycles. The number of halogens is 1. The summed E-state index contributed by atoms with van der Waals surface area (Å²) in [5, 5.41) is 1.15. The summed E-state index contributed by atoms with van der Waals surface area (Å²) in [5.41, 5.74) is 8.51. The van der Waals surface area contributed by atoms with Gasteiger partial charge in [-0.05, 0) is 61.4 Å². The Kier molecular flexibility index (Phi) is 4.79. The Morgan fingerprint density at radius 2 is 2.07 bits per heavy atom. The first kappa shape index (κ1) is 18.8. The smallest absolute Gasteiger partial charge is 0.148 e. The summed E-state index contributed by atoms with van der Waals surface area (Å²) >= 11 is 0. The summed E-state index contributed by atoms with van der Waals surface area (Å²) in [5.74, 6) is -0.181. The fraction of sp³-hybridized carbons (Fsp3) is 0.391. The van der Waals surface area contributed by atoms with Crippen LogP contribution in [0.5, 0.6) is 0 Å². The van der Waals surface area contributed by atoms with Crippen molar-refractivity contribution in [2.75, 3.05) is 20.8 Å². The Balaban J connectivity index is 1.95. The van der Waals surface area contributed by atoms with Gasteiger partial charge in [-0.1, -0.05) is 0 Å². The largest absolute Gasteiger partial charge is 0.380 e. The zero-order chi connectivity index (χ0) is 20.0. The molecule has 1 aliphatic heterocycles. The van der Waals surface area contributed by atoms with Gasteiger partial charge in [0.05, 0.1) is 23.5 Å². The maximum atomic E-state index is 14.5. The molecule has 0 spiro atoms. The zero-order valence-corrected chi connectivity index (χ0v) is 16.9. The van der Waals surface area contributed by atoms with Gasteiger partial charge in [0, 0.05) is 43.3 Å². The molecule has 0 bridgehead atoms. The van der Waals surface area contributed by atoms with Crippen molar-refractivity contribution in [1.29, 1.82) is 0 Å². The first-order valence-electron chi connectivity index (χ1n) is 9.66. The maximum absolute atomic E-state index is 14.5. The summed E-state index contributed by atoms with van der Waals surface area (Å²) in [6, 6.07) is 1.57. The Morgan fingerprint density at radius 3 is 2.79 bits per heavy atom. The van der Waals surface area contributed by atoms with Crippen molar-refractivity contribution >= 4 is 22.9 Å². The van der Waals surface area contributed by atoms with Crippen LogP contribution in [0.15, 0.2) is 23.3 Å². The summed E-state index contributed by atoms with van der Waals surface area (Å²) < 4.78 is 19.6. The molecule has 28 heavy (non-hydrogen) atoms. The van der Waals surface area contributed by atoms with Crippen molar-refractivity contribution in [1.82, 2.24) is 9.88 Å². The van der Waals surface area contributed by atoms with E-state index in [1.807, 2.05) is 27.0 Å². The second-order valence-corrected chi connectivity index (χ2v) is 7.77. The van der Waals surface area contributed by atoms with Crippen molar-refractivity contribution in [3.63, 3.8) is 0 Å². The minimum Gasteiger partial charge on any atom is -0.380 e. The lowest BCUT2D eigenvalue weighted by Crippen LogP contribution is -2.10. The van der Waals surface area contributed by atoms with Crippen molar-refractivity contribution < 1.29 is 13.9 Å². The molecular weight excluding hydrogens is 355 g/mol. The Bertz CT molecular complexity index is 1050. The van der Waals surface area contributed by atoms with Gasteiger partial charge in [0.1, 0.15) is 12.1 Å². The molecule has 0 fully saturated rings. The topological polar surface area (TPSA) is 42.4 Å². The molecule has 2 heterocycles. The maximum Gasteiger partial charge on any atom is 0.148 e. The molecule has 0 saturated carbocycles. The van der Waals surface area contributed by atoms with Gasteiger partial charge in [0.25, 0.3) is 0 Å². The van der Waals surface area contributed by atoms with Crippen LogP contribution in [-0.2, 0) is 28.9 Å². The van der Waals surface area contributed by atoms with Crippen LogP contribution in [0.25, 0.3) is 16.6 Å². The average molecular weight is 380 g/mol. The van der Waals surface area contributed by atoms with Gasteiger partial charge in [-0.3, -0.25) is 4.79 Å². The van der Waals surface area contributed by atoms with Crippen LogP contribution in [0.4, 0.5) is 4.39 Å². The van der Waals surface area contributed by atoms with Crippen LogP contribution in [-0.4, -0.2) is 36.9 Å². The third kappa shape index (κ3) is 2.85. The van der Waals surface area contributed by atoms with Crippen LogP contribution in [0.3, 0.4) is 0 Å². The third-order valence-electron chi connectivity index (χ3n) is 6.02. The first-order chi connectivity index (χ1) is 13.5. The normalized spacial score (nSPS) is 17.9. The number of hydrogen-bond donors (Lipinski definition) is 0. The Hall–Kier alpha value is -2.53. The Morgan fingerprint density at radius 1 is 1.32 bits per heavy atom. The Labute approximate surface area is 164 Å². The number of methoxy groups -OCH3 is 1. The quantitative estimate of drug-likeness (QED) is 0.591. The van der Waals surface area contributed by atoms with Crippen LogP contribution in [0.2, 0.25) is 0 Å². The monoisotopic (exact) mass is 380 g/mol. The highest BCUT2D eigenvalue weighted by atomic mass is 19.1. The number of carbonyl (C=O) groups excluding carboxylic acids is 1. The van der Waals surface area contributed by atoms with Gasteiger partial charge in [0.2, 0.25) is 0 Å². The number of rotatable bonds is 4. The van der Waals surface area contributed by atoms with E-state index < -0.39 is 0 Å². The van der Waals surface area contributed by atoms with E-state index in [0.29, 0.717) is 5.57 Å². The van der Waals surface area contributed by atoms with E-state index in [0.717, 1.165) is 71.1 Å². The van der Waals surface area contributed by atoms with E-state index in [4.69, 9.17) is 9.72 Å². The average Bonchev–Trinajstić information content (AvgIpc) is 2.99. The van der Waals surface area contributed by atoms with E-state index in [1.54, 1.807) is 13.2 Å². The molecule has 5 heteroatoms. The lowest BCUT2D eigenvalue weighted by atomic mass is 9.85. The number of carbonyl (C=O) groups is 1. The van der Waals surface area contributed by atoms with Crippen molar-refractivity contribution in [2.45, 2.75) is 39.7 Å². The summed E-state index contributed by atoms with van der Waals surface area (Å²) in [4.78, 5) is 18.4. The van der Waals surface area contributed by atoms with E-state index in [-0.39, 0.29) is 12.4 Å². The molecule has 0 N–H and O–H groups in total. The molecule has 2 aliphatic rings. The summed E-state index contributed by atoms with van der Waals surface area (Å²) in [7, 11) is 3.61. The van der Waals surface area contributed by atoms with Crippen molar-refractivity contribution in [3.05, 3.63) is 57.1 Å². The number of benzene rings is 1. The van der Waals surface area contributed by atoms with Crippen LogP contribution in [0.1, 0.15) is 41.3 Å². The number of fused-ring (bicyclic) bond motifs is 2. The number of aromatic nitrogens is 1. The van der Waals surface area contributed by atoms with E-state index in [9.17, 15) is 9.18 Å². The van der Waals surface area contributed by atoms with Crippen molar-refractivity contribution in [2.24, 2.45) is 0 Å². The van der Waals surface area contributed by atoms with E-state index in [1.165, 1.54) is 11.1 Å². The predicted molar refractivity (Wildman–Crippen MR) is 109 cm³/mol. The first-order valence-corrected chi connectivity index (χ1v) is 9.66. The van der Waals surface area contributed by atoms with Gasteiger partial charge in [-0.25, -0.2) is 9.37 Å². The van der Waals surface area contributed by atoms with Crippen LogP contribution in [0, 0.1) is 12.7 Å². The van der Waals surface area contributed by atoms with Crippen LogP contribution < -0.4 is 0 Å². The number of ether oxygens (including phenoxy) is 1. The number of pyridine rings is 1. The number of allylic oxidation sites excluding steroid dienone is 2. The lowest BCUT2D eigenvalue weighted by Gasteiger charge is -2.21. The minimum atomic E-state index is -0.181. The fourth-order valence-electron chi connectivity index (χ4n) is 4.48. The molecule has 0 amide bonds. The number of aldehydes is 1.